The van der Waals surface area contributed by atoms with Gasteiger partial charge in [0.1, 0.15) is 28.4 Å². The molecule has 0 spiro atoms. The van der Waals surface area contributed by atoms with E-state index in [1.54, 1.807) is 6.07 Å². The van der Waals surface area contributed by atoms with Crippen molar-refractivity contribution in [3.05, 3.63) is 144 Å². The fourth-order valence-corrected chi connectivity index (χ4v) is 8.46. The van der Waals surface area contributed by atoms with E-state index >= 15 is 0 Å². The van der Waals surface area contributed by atoms with Gasteiger partial charge in [-0.05, 0) is 93.1 Å². The summed E-state index contributed by atoms with van der Waals surface area (Å²) in [6.07, 6.45) is 2.13. The van der Waals surface area contributed by atoms with Crippen LogP contribution < -0.4 is 0 Å². The van der Waals surface area contributed by atoms with Crippen LogP contribution in [0.2, 0.25) is 0 Å². The summed E-state index contributed by atoms with van der Waals surface area (Å²) in [4.78, 5) is 10.9. The van der Waals surface area contributed by atoms with Crippen molar-refractivity contribution < 1.29 is 9.52 Å². The molecule has 0 fully saturated rings. The van der Waals surface area contributed by atoms with Crippen LogP contribution in [-0.2, 0) is 10.8 Å². The molecule has 3 aromatic heterocycles. The Morgan fingerprint density at radius 2 is 1.33 bits per heavy atom. The number of phenols is 1. The molecule has 0 amide bonds. The van der Waals surface area contributed by atoms with Crippen LogP contribution in [0.15, 0.2) is 126 Å². The average Bonchev–Trinajstić information content (AvgIpc) is 3.79. The SMILES string of the molecule is CC(C)c1cc(C(C)C)cc(-n2cc(-c3ccc4c(n3)-c3c(O)cccc3C(C)(C)C4(C)C)nc2-c2cccc3oc4ccc(-c5ccccc5)cc4c23)c1. The molecule has 5 aromatic carbocycles. The number of pyridine rings is 1. The summed E-state index contributed by atoms with van der Waals surface area (Å²) < 4.78 is 8.75. The van der Waals surface area contributed by atoms with Crippen molar-refractivity contribution in [2.45, 2.75) is 78.1 Å². The first-order chi connectivity index (χ1) is 26.3. The van der Waals surface area contributed by atoms with E-state index in [-0.39, 0.29) is 16.6 Å². The molecular weight excluding hydrogens is 675 g/mol. The highest BCUT2D eigenvalue weighted by molar-refractivity contribution is 6.13. The van der Waals surface area contributed by atoms with E-state index in [2.05, 4.69) is 157 Å². The maximum Gasteiger partial charge on any atom is 0.146 e. The van der Waals surface area contributed by atoms with E-state index in [0.29, 0.717) is 11.8 Å². The van der Waals surface area contributed by atoms with Gasteiger partial charge in [-0.3, -0.25) is 4.57 Å². The molecule has 8 aromatic rings. The molecule has 0 saturated heterocycles. The van der Waals surface area contributed by atoms with Gasteiger partial charge in [-0.15, -0.1) is 0 Å². The average molecular weight is 722 g/mol. The summed E-state index contributed by atoms with van der Waals surface area (Å²) >= 11 is 0. The lowest BCUT2D eigenvalue weighted by Gasteiger charge is -2.47. The third-order valence-electron chi connectivity index (χ3n) is 12.5. The first kappa shape index (κ1) is 34.8. The number of aromatic nitrogens is 3. The van der Waals surface area contributed by atoms with Crippen LogP contribution in [0.25, 0.3) is 72.8 Å². The maximum atomic E-state index is 11.3. The predicted molar refractivity (Wildman–Crippen MR) is 226 cm³/mol. The van der Waals surface area contributed by atoms with E-state index in [1.165, 1.54) is 11.1 Å². The standard InChI is InChI=1S/C50H47N3O2/c1-29(2)33-24-34(30(3)4)26-35(25-33)53-28-41(40-22-21-39-47(51-40)46-38(17-13-18-42(46)54)49(5,6)50(39,7)8)52-48(53)36-16-12-19-44-45(36)37-27-32(20-23-43(37)55-44)31-14-10-9-11-15-31/h9-30,54H,1-8H3. The zero-order valence-electron chi connectivity index (χ0n) is 32.9. The zero-order chi connectivity index (χ0) is 38.4. The van der Waals surface area contributed by atoms with Crippen molar-refractivity contribution in [2.75, 3.05) is 0 Å². The minimum Gasteiger partial charge on any atom is -0.507 e. The second-order valence-corrected chi connectivity index (χ2v) is 16.9. The monoisotopic (exact) mass is 721 g/mol. The number of furan rings is 1. The maximum absolute atomic E-state index is 11.3. The Balaban J connectivity index is 1.31. The first-order valence-electron chi connectivity index (χ1n) is 19.4. The van der Waals surface area contributed by atoms with Gasteiger partial charge in [-0.1, -0.05) is 128 Å². The van der Waals surface area contributed by atoms with Gasteiger partial charge in [0.15, 0.2) is 0 Å². The number of phenolic OH excluding ortho intramolecular Hbond substituents is 1. The van der Waals surface area contributed by atoms with Gasteiger partial charge in [0.25, 0.3) is 0 Å². The van der Waals surface area contributed by atoms with Crippen molar-refractivity contribution >= 4 is 21.9 Å². The molecule has 0 saturated carbocycles. The number of nitrogens with zero attached hydrogens (tertiary/aromatic N) is 3. The van der Waals surface area contributed by atoms with Gasteiger partial charge in [-0.2, -0.15) is 0 Å². The predicted octanol–water partition coefficient (Wildman–Crippen LogP) is 13.4. The summed E-state index contributed by atoms with van der Waals surface area (Å²) in [5.74, 6) is 1.76. The van der Waals surface area contributed by atoms with E-state index < -0.39 is 0 Å². The molecule has 0 atom stereocenters. The quantitative estimate of drug-likeness (QED) is 0.186. The van der Waals surface area contributed by atoms with Gasteiger partial charge in [0.05, 0.1) is 11.4 Å². The molecule has 1 aliphatic carbocycles. The molecule has 5 heteroatoms. The van der Waals surface area contributed by atoms with Gasteiger partial charge in [0.2, 0.25) is 0 Å². The molecule has 0 bridgehead atoms. The van der Waals surface area contributed by atoms with Crippen molar-refractivity contribution in [1.82, 2.24) is 14.5 Å². The fraction of sp³-hybridized carbons (Fsp3) is 0.240. The zero-order valence-corrected chi connectivity index (χ0v) is 32.9. The Morgan fingerprint density at radius 3 is 2.05 bits per heavy atom. The summed E-state index contributed by atoms with van der Waals surface area (Å²) in [6.45, 7) is 18.1. The smallest absolute Gasteiger partial charge is 0.146 e. The molecule has 1 N–H and O–H groups in total. The van der Waals surface area contributed by atoms with Gasteiger partial charge < -0.3 is 9.52 Å². The van der Waals surface area contributed by atoms with E-state index in [4.69, 9.17) is 14.4 Å². The van der Waals surface area contributed by atoms with Gasteiger partial charge in [0, 0.05) is 39.2 Å². The molecule has 55 heavy (non-hydrogen) atoms. The summed E-state index contributed by atoms with van der Waals surface area (Å²) in [5.41, 5.74) is 13.4. The molecule has 1 aliphatic rings. The third-order valence-corrected chi connectivity index (χ3v) is 12.5. The largest absolute Gasteiger partial charge is 0.507 e. The number of fused-ring (bicyclic) bond motifs is 6. The Labute approximate surface area is 323 Å². The van der Waals surface area contributed by atoms with Crippen LogP contribution in [0.5, 0.6) is 5.75 Å². The Kier molecular flexibility index (Phi) is 7.95. The van der Waals surface area contributed by atoms with Crippen LogP contribution in [-0.4, -0.2) is 19.6 Å². The van der Waals surface area contributed by atoms with Crippen LogP contribution in [0, 0.1) is 0 Å². The second kappa shape index (κ2) is 12.6. The van der Waals surface area contributed by atoms with Crippen molar-refractivity contribution in [3.63, 3.8) is 0 Å². The molecule has 274 valence electrons. The number of benzene rings is 5. The molecule has 0 aliphatic heterocycles. The number of rotatable bonds is 6. The minimum atomic E-state index is -0.236. The minimum absolute atomic E-state index is 0.228. The summed E-state index contributed by atoms with van der Waals surface area (Å²) in [6, 6.07) is 40.2. The van der Waals surface area contributed by atoms with Gasteiger partial charge in [-0.25, -0.2) is 9.97 Å². The van der Waals surface area contributed by atoms with Crippen molar-refractivity contribution in [3.8, 4) is 56.6 Å². The molecule has 0 unspecified atom stereocenters. The van der Waals surface area contributed by atoms with Gasteiger partial charge >= 0.3 is 0 Å². The lowest BCUT2D eigenvalue weighted by Crippen LogP contribution is -2.43. The molecular formula is C50H47N3O2. The molecule has 0 radical (unpaired) electrons. The van der Waals surface area contributed by atoms with Crippen LogP contribution in [0.3, 0.4) is 0 Å². The highest BCUT2D eigenvalue weighted by Gasteiger charge is 2.47. The normalized spacial score (nSPS) is 14.5. The number of hydrogen-bond acceptors (Lipinski definition) is 4. The van der Waals surface area contributed by atoms with E-state index in [0.717, 1.165) is 83.9 Å². The Bertz CT molecular complexity index is 2750. The molecule has 9 rings (SSSR count). The molecule has 3 heterocycles. The first-order valence-corrected chi connectivity index (χ1v) is 19.4. The van der Waals surface area contributed by atoms with Crippen LogP contribution in [0.4, 0.5) is 0 Å². The highest BCUT2D eigenvalue weighted by Crippen LogP contribution is 2.55. The summed E-state index contributed by atoms with van der Waals surface area (Å²) in [7, 11) is 0. The number of aromatic hydroxyl groups is 1. The Hall–Kier alpha value is -5.94. The summed E-state index contributed by atoms with van der Waals surface area (Å²) in [5, 5.41) is 13.4. The number of hydrogen-bond donors (Lipinski definition) is 1. The van der Waals surface area contributed by atoms with Crippen LogP contribution >= 0.6 is 0 Å². The molecule has 5 nitrogen and oxygen atoms in total. The highest BCUT2D eigenvalue weighted by atomic mass is 16.3. The van der Waals surface area contributed by atoms with Crippen LogP contribution in [0.1, 0.15) is 89.5 Å². The second-order valence-electron chi connectivity index (χ2n) is 16.9. The Morgan fingerprint density at radius 1 is 0.618 bits per heavy atom. The number of imidazole rings is 1. The van der Waals surface area contributed by atoms with Crippen molar-refractivity contribution in [1.29, 1.82) is 0 Å². The lowest BCUT2D eigenvalue weighted by molar-refractivity contribution is 0.296. The van der Waals surface area contributed by atoms with E-state index in [1.807, 2.05) is 18.2 Å². The fourth-order valence-electron chi connectivity index (χ4n) is 8.46. The van der Waals surface area contributed by atoms with E-state index in [9.17, 15) is 5.11 Å². The van der Waals surface area contributed by atoms with Crippen molar-refractivity contribution in [2.24, 2.45) is 0 Å². The third kappa shape index (κ3) is 5.43. The topological polar surface area (TPSA) is 64.1 Å². The lowest BCUT2D eigenvalue weighted by atomic mass is 9.56.